The highest BCUT2D eigenvalue weighted by molar-refractivity contribution is 5.78. The first-order chi connectivity index (χ1) is 6.91. The van der Waals surface area contributed by atoms with Gasteiger partial charge in [0, 0.05) is 25.6 Å². The maximum Gasteiger partial charge on any atom is 0.225 e. The van der Waals surface area contributed by atoms with E-state index in [0.717, 1.165) is 19.4 Å². The topological polar surface area (TPSA) is 46.3 Å². The van der Waals surface area contributed by atoms with Crippen molar-refractivity contribution >= 4 is 5.91 Å². The van der Waals surface area contributed by atoms with E-state index in [1.807, 2.05) is 18.9 Å². The molecule has 0 aromatic rings. The van der Waals surface area contributed by atoms with E-state index in [2.05, 4.69) is 13.8 Å². The molecule has 88 valence electrons. The van der Waals surface area contributed by atoms with Gasteiger partial charge in [-0.1, -0.05) is 20.8 Å². The Hall–Kier alpha value is -0.570. The molecule has 0 aromatic carbocycles. The molecular formula is C12H24N2O. The molecule has 0 spiro atoms. The second-order valence-corrected chi connectivity index (χ2v) is 5.35. The van der Waals surface area contributed by atoms with Crippen LogP contribution >= 0.6 is 0 Å². The minimum absolute atomic E-state index is 0.128. The lowest BCUT2D eigenvalue weighted by atomic mass is 9.80. The third-order valence-corrected chi connectivity index (χ3v) is 3.57. The molecule has 1 atom stereocenters. The van der Waals surface area contributed by atoms with Gasteiger partial charge in [0.05, 0.1) is 0 Å². The van der Waals surface area contributed by atoms with E-state index in [1.54, 1.807) is 0 Å². The summed E-state index contributed by atoms with van der Waals surface area (Å²) in [7, 11) is 1.91. The molecule has 1 fully saturated rings. The van der Waals surface area contributed by atoms with Crippen LogP contribution in [0.3, 0.4) is 0 Å². The third kappa shape index (κ3) is 3.20. The van der Waals surface area contributed by atoms with Gasteiger partial charge in [-0.2, -0.15) is 0 Å². The summed E-state index contributed by atoms with van der Waals surface area (Å²) >= 11 is 0. The highest BCUT2D eigenvalue weighted by atomic mass is 16.2. The van der Waals surface area contributed by atoms with Crippen LogP contribution in [0.2, 0.25) is 0 Å². The van der Waals surface area contributed by atoms with Crippen molar-refractivity contribution < 1.29 is 4.79 Å². The van der Waals surface area contributed by atoms with Gasteiger partial charge < -0.3 is 10.6 Å². The second kappa shape index (κ2) is 4.97. The predicted molar refractivity (Wildman–Crippen MR) is 62.3 cm³/mol. The minimum Gasteiger partial charge on any atom is -0.345 e. The molecule has 1 unspecified atom stereocenters. The Balaban J connectivity index is 2.33. The van der Waals surface area contributed by atoms with Crippen LogP contribution in [0, 0.1) is 17.8 Å². The first-order valence-corrected chi connectivity index (χ1v) is 5.92. The summed E-state index contributed by atoms with van der Waals surface area (Å²) in [6, 6.07) is 0.376. The second-order valence-electron chi connectivity index (χ2n) is 5.35. The maximum atomic E-state index is 11.9. The highest BCUT2D eigenvalue weighted by Gasteiger charge is 2.29. The molecule has 0 heterocycles. The van der Waals surface area contributed by atoms with Crippen molar-refractivity contribution in [1.82, 2.24) is 4.90 Å². The van der Waals surface area contributed by atoms with Crippen LogP contribution in [-0.4, -0.2) is 30.4 Å². The van der Waals surface area contributed by atoms with E-state index in [-0.39, 0.29) is 11.8 Å². The lowest BCUT2D eigenvalue weighted by Crippen LogP contribution is -2.44. The fraction of sp³-hybridized carbons (Fsp3) is 0.917. The Labute approximate surface area is 93.0 Å². The van der Waals surface area contributed by atoms with Crippen LogP contribution in [-0.2, 0) is 4.79 Å². The molecule has 0 bridgehead atoms. The van der Waals surface area contributed by atoms with Gasteiger partial charge in [-0.3, -0.25) is 4.79 Å². The zero-order chi connectivity index (χ0) is 11.6. The number of amides is 1. The fourth-order valence-corrected chi connectivity index (χ4v) is 2.05. The smallest absolute Gasteiger partial charge is 0.225 e. The molecule has 3 nitrogen and oxygen atoms in total. The Morgan fingerprint density at radius 2 is 1.93 bits per heavy atom. The van der Waals surface area contributed by atoms with Gasteiger partial charge in [-0.15, -0.1) is 0 Å². The van der Waals surface area contributed by atoms with Crippen molar-refractivity contribution in [3.8, 4) is 0 Å². The maximum absolute atomic E-state index is 11.9. The normalized spacial score (nSPS) is 27.3. The van der Waals surface area contributed by atoms with Crippen LogP contribution in [0.15, 0.2) is 0 Å². The summed E-state index contributed by atoms with van der Waals surface area (Å²) in [5.74, 6) is 1.45. The molecule has 1 amide bonds. The summed E-state index contributed by atoms with van der Waals surface area (Å²) in [5.41, 5.74) is 5.73. The number of hydrogen-bond donors (Lipinski definition) is 1. The van der Waals surface area contributed by atoms with E-state index in [9.17, 15) is 4.79 Å². The van der Waals surface area contributed by atoms with Gasteiger partial charge in [0.15, 0.2) is 0 Å². The van der Waals surface area contributed by atoms with Crippen molar-refractivity contribution in [2.75, 3.05) is 13.6 Å². The number of carbonyl (C=O) groups is 1. The van der Waals surface area contributed by atoms with Crippen molar-refractivity contribution in [2.45, 2.75) is 39.7 Å². The third-order valence-electron chi connectivity index (χ3n) is 3.57. The lowest BCUT2D eigenvalue weighted by molar-refractivity contribution is -0.136. The molecule has 0 aromatic heterocycles. The quantitative estimate of drug-likeness (QED) is 0.767. The number of hydrogen-bond acceptors (Lipinski definition) is 2. The van der Waals surface area contributed by atoms with Crippen molar-refractivity contribution in [3.63, 3.8) is 0 Å². The molecule has 1 saturated carbocycles. The average molecular weight is 212 g/mol. The largest absolute Gasteiger partial charge is 0.345 e. The summed E-state index contributed by atoms with van der Waals surface area (Å²) in [6.45, 7) is 7.07. The van der Waals surface area contributed by atoms with E-state index in [4.69, 9.17) is 5.73 Å². The Morgan fingerprint density at radius 3 is 2.33 bits per heavy atom. The van der Waals surface area contributed by atoms with E-state index in [1.165, 1.54) is 0 Å². The summed E-state index contributed by atoms with van der Waals surface area (Å²) in [5, 5.41) is 0. The Kier molecular flexibility index (Phi) is 4.14. The number of nitrogens with zero attached hydrogens (tertiary/aromatic N) is 1. The van der Waals surface area contributed by atoms with Crippen LogP contribution < -0.4 is 5.73 Å². The van der Waals surface area contributed by atoms with Gasteiger partial charge in [-0.25, -0.2) is 0 Å². The standard InChI is InChI=1S/C12H24N2O/c1-8(2)9(3)12(15)14(4)7-10-5-11(13)6-10/h8-11H,5-7,13H2,1-4H3. The van der Waals surface area contributed by atoms with Gasteiger partial charge >= 0.3 is 0 Å². The predicted octanol–water partition coefficient (Wildman–Crippen LogP) is 1.47. The Bertz CT molecular complexity index is 222. The molecular weight excluding hydrogens is 188 g/mol. The van der Waals surface area contributed by atoms with E-state index >= 15 is 0 Å². The molecule has 1 aliphatic rings. The molecule has 2 N–H and O–H groups in total. The highest BCUT2D eigenvalue weighted by Crippen LogP contribution is 2.26. The van der Waals surface area contributed by atoms with Gasteiger partial charge in [0.1, 0.15) is 0 Å². The molecule has 3 heteroatoms. The summed E-state index contributed by atoms with van der Waals surface area (Å²) in [4.78, 5) is 13.8. The van der Waals surface area contributed by atoms with Crippen LogP contribution in [0.25, 0.3) is 0 Å². The Morgan fingerprint density at radius 1 is 1.40 bits per heavy atom. The number of carbonyl (C=O) groups excluding carboxylic acids is 1. The molecule has 0 radical (unpaired) electrons. The van der Waals surface area contributed by atoms with Gasteiger partial charge in [-0.05, 0) is 24.7 Å². The fourth-order valence-electron chi connectivity index (χ4n) is 2.05. The molecule has 0 aliphatic heterocycles. The molecule has 15 heavy (non-hydrogen) atoms. The number of nitrogens with two attached hydrogens (primary N) is 1. The first-order valence-electron chi connectivity index (χ1n) is 5.92. The van der Waals surface area contributed by atoms with Crippen molar-refractivity contribution in [1.29, 1.82) is 0 Å². The zero-order valence-corrected chi connectivity index (χ0v) is 10.4. The minimum atomic E-state index is 0.128. The average Bonchev–Trinajstić information content (AvgIpc) is 2.12. The van der Waals surface area contributed by atoms with Crippen LogP contribution in [0.5, 0.6) is 0 Å². The van der Waals surface area contributed by atoms with E-state index < -0.39 is 0 Å². The molecule has 1 aliphatic carbocycles. The monoisotopic (exact) mass is 212 g/mol. The van der Waals surface area contributed by atoms with Crippen LogP contribution in [0.4, 0.5) is 0 Å². The summed E-state index contributed by atoms with van der Waals surface area (Å²) in [6.07, 6.45) is 2.15. The zero-order valence-electron chi connectivity index (χ0n) is 10.4. The first kappa shape index (κ1) is 12.5. The number of rotatable bonds is 4. The SMILES string of the molecule is CC(C)C(C)C(=O)N(C)CC1CC(N)C1. The van der Waals surface area contributed by atoms with Crippen LogP contribution in [0.1, 0.15) is 33.6 Å². The van der Waals surface area contributed by atoms with Crippen molar-refractivity contribution in [3.05, 3.63) is 0 Å². The lowest BCUT2D eigenvalue weighted by Gasteiger charge is -2.36. The summed E-state index contributed by atoms with van der Waals surface area (Å²) < 4.78 is 0. The molecule has 0 saturated heterocycles. The van der Waals surface area contributed by atoms with Crippen molar-refractivity contribution in [2.24, 2.45) is 23.5 Å². The molecule has 1 rings (SSSR count). The van der Waals surface area contributed by atoms with Gasteiger partial charge in [0.25, 0.3) is 0 Å². The van der Waals surface area contributed by atoms with Gasteiger partial charge in [0.2, 0.25) is 5.91 Å². The van der Waals surface area contributed by atoms with E-state index in [0.29, 0.717) is 17.9 Å².